The Balaban J connectivity index is 1.83. The maximum Gasteiger partial charge on any atom is 0.255 e. The molecular formula is C20H24N2O. The summed E-state index contributed by atoms with van der Waals surface area (Å²) in [4.78, 5) is 15.0. The third kappa shape index (κ3) is 3.73. The number of hydrogen-bond donors (Lipinski definition) is 1. The summed E-state index contributed by atoms with van der Waals surface area (Å²) in [6, 6.07) is 15.8. The number of rotatable bonds is 3. The van der Waals surface area contributed by atoms with Crippen LogP contribution in [0.15, 0.2) is 48.5 Å². The topological polar surface area (TPSA) is 32.3 Å². The van der Waals surface area contributed by atoms with Crippen LogP contribution in [0.1, 0.15) is 41.6 Å². The summed E-state index contributed by atoms with van der Waals surface area (Å²) < 4.78 is 0. The van der Waals surface area contributed by atoms with Gasteiger partial charge in [-0.25, -0.2) is 0 Å². The summed E-state index contributed by atoms with van der Waals surface area (Å²) in [5.41, 5.74) is 3.77. The van der Waals surface area contributed by atoms with E-state index in [4.69, 9.17) is 0 Å². The van der Waals surface area contributed by atoms with E-state index in [-0.39, 0.29) is 5.91 Å². The molecule has 120 valence electrons. The summed E-state index contributed by atoms with van der Waals surface area (Å²) in [7, 11) is 0. The number of anilines is 2. The number of para-hydroxylation sites is 2. The highest BCUT2D eigenvalue weighted by molar-refractivity contribution is 6.06. The Hall–Kier alpha value is -2.29. The molecule has 0 radical (unpaired) electrons. The Morgan fingerprint density at radius 3 is 2.30 bits per heavy atom. The number of aryl methyl sites for hydroxylation is 1. The molecule has 3 nitrogen and oxygen atoms in total. The van der Waals surface area contributed by atoms with E-state index in [1.54, 1.807) is 0 Å². The van der Waals surface area contributed by atoms with E-state index in [1.165, 1.54) is 25.7 Å². The van der Waals surface area contributed by atoms with Crippen molar-refractivity contribution in [3.63, 3.8) is 0 Å². The second kappa shape index (κ2) is 7.32. The van der Waals surface area contributed by atoms with Crippen LogP contribution in [-0.4, -0.2) is 19.0 Å². The molecule has 1 fully saturated rings. The lowest BCUT2D eigenvalue weighted by atomic mass is 10.1. The largest absolute Gasteiger partial charge is 0.370 e. The second-order valence-electron chi connectivity index (χ2n) is 6.19. The van der Waals surface area contributed by atoms with E-state index in [2.05, 4.69) is 16.3 Å². The van der Waals surface area contributed by atoms with Crippen molar-refractivity contribution in [2.75, 3.05) is 23.3 Å². The zero-order valence-corrected chi connectivity index (χ0v) is 13.7. The SMILES string of the molecule is Cc1ccccc1C(=O)Nc1ccccc1N1CCCCCC1. The minimum Gasteiger partial charge on any atom is -0.370 e. The molecule has 0 aliphatic carbocycles. The summed E-state index contributed by atoms with van der Waals surface area (Å²) in [6.07, 6.45) is 5.04. The quantitative estimate of drug-likeness (QED) is 0.896. The van der Waals surface area contributed by atoms with Crippen LogP contribution in [0.4, 0.5) is 11.4 Å². The highest BCUT2D eigenvalue weighted by Gasteiger charge is 2.16. The van der Waals surface area contributed by atoms with E-state index in [1.807, 2.05) is 49.4 Å². The monoisotopic (exact) mass is 308 g/mol. The fourth-order valence-corrected chi connectivity index (χ4v) is 3.18. The van der Waals surface area contributed by atoms with Crippen LogP contribution in [0.3, 0.4) is 0 Å². The van der Waals surface area contributed by atoms with Crippen molar-refractivity contribution in [2.24, 2.45) is 0 Å². The van der Waals surface area contributed by atoms with E-state index < -0.39 is 0 Å². The summed E-state index contributed by atoms with van der Waals surface area (Å²) >= 11 is 0. The third-order valence-corrected chi connectivity index (χ3v) is 4.49. The number of carbonyl (C=O) groups is 1. The minimum absolute atomic E-state index is 0.0367. The molecule has 1 N–H and O–H groups in total. The molecule has 2 aromatic carbocycles. The van der Waals surface area contributed by atoms with Crippen LogP contribution in [0.5, 0.6) is 0 Å². The van der Waals surface area contributed by atoms with Crippen molar-refractivity contribution in [2.45, 2.75) is 32.6 Å². The highest BCUT2D eigenvalue weighted by Crippen LogP contribution is 2.28. The van der Waals surface area contributed by atoms with Gasteiger partial charge in [0.05, 0.1) is 11.4 Å². The number of benzene rings is 2. The molecule has 3 rings (SSSR count). The maximum absolute atomic E-state index is 12.6. The first-order chi connectivity index (χ1) is 11.3. The molecule has 1 heterocycles. The van der Waals surface area contributed by atoms with E-state index in [9.17, 15) is 4.79 Å². The van der Waals surface area contributed by atoms with Crippen LogP contribution in [0.25, 0.3) is 0 Å². The normalized spacial score (nSPS) is 15.1. The standard InChI is InChI=1S/C20H24N2O/c1-16-10-4-5-11-17(16)20(23)21-18-12-6-7-13-19(18)22-14-8-2-3-9-15-22/h4-7,10-13H,2-3,8-9,14-15H2,1H3,(H,21,23). The predicted octanol–water partition coefficient (Wildman–Crippen LogP) is 4.63. The molecule has 0 bridgehead atoms. The fraction of sp³-hybridized carbons (Fsp3) is 0.350. The number of nitrogens with zero attached hydrogens (tertiary/aromatic N) is 1. The van der Waals surface area contributed by atoms with Gasteiger partial charge >= 0.3 is 0 Å². The number of nitrogens with one attached hydrogen (secondary N) is 1. The zero-order chi connectivity index (χ0) is 16.1. The Labute approximate surface area is 138 Å². The first-order valence-electron chi connectivity index (χ1n) is 8.46. The van der Waals surface area contributed by atoms with Crippen molar-refractivity contribution in [3.8, 4) is 0 Å². The molecule has 2 aromatic rings. The predicted molar refractivity (Wildman–Crippen MR) is 96.3 cm³/mol. The van der Waals surface area contributed by atoms with Gasteiger partial charge < -0.3 is 10.2 Å². The lowest BCUT2D eigenvalue weighted by Gasteiger charge is -2.25. The van der Waals surface area contributed by atoms with Crippen LogP contribution in [-0.2, 0) is 0 Å². The maximum atomic E-state index is 12.6. The number of carbonyl (C=O) groups excluding carboxylic acids is 1. The number of hydrogen-bond acceptors (Lipinski definition) is 2. The molecule has 23 heavy (non-hydrogen) atoms. The smallest absolute Gasteiger partial charge is 0.255 e. The van der Waals surface area contributed by atoms with Gasteiger partial charge in [-0.3, -0.25) is 4.79 Å². The van der Waals surface area contributed by atoms with Gasteiger partial charge in [-0.2, -0.15) is 0 Å². The van der Waals surface area contributed by atoms with Gasteiger partial charge in [-0.1, -0.05) is 43.2 Å². The molecule has 0 spiro atoms. The average Bonchev–Trinajstić information content (AvgIpc) is 2.85. The summed E-state index contributed by atoms with van der Waals surface area (Å²) in [5, 5.41) is 3.10. The third-order valence-electron chi connectivity index (χ3n) is 4.49. The van der Waals surface area contributed by atoms with E-state index in [0.29, 0.717) is 0 Å². The van der Waals surface area contributed by atoms with Gasteiger partial charge in [-0.05, 0) is 43.5 Å². The van der Waals surface area contributed by atoms with Gasteiger partial charge in [0.2, 0.25) is 0 Å². The van der Waals surface area contributed by atoms with Crippen LogP contribution in [0.2, 0.25) is 0 Å². The second-order valence-corrected chi connectivity index (χ2v) is 6.19. The molecule has 1 saturated heterocycles. The Bertz CT molecular complexity index is 673. The van der Waals surface area contributed by atoms with Crippen molar-refractivity contribution in [1.29, 1.82) is 0 Å². The Morgan fingerprint density at radius 2 is 1.57 bits per heavy atom. The van der Waals surface area contributed by atoms with Crippen molar-refractivity contribution in [1.82, 2.24) is 0 Å². The van der Waals surface area contributed by atoms with Gasteiger partial charge in [0.1, 0.15) is 0 Å². The first-order valence-corrected chi connectivity index (χ1v) is 8.46. The van der Waals surface area contributed by atoms with Crippen molar-refractivity contribution >= 4 is 17.3 Å². The highest BCUT2D eigenvalue weighted by atomic mass is 16.1. The van der Waals surface area contributed by atoms with Crippen LogP contribution in [0, 0.1) is 6.92 Å². The van der Waals surface area contributed by atoms with Crippen LogP contribution >= 0.6 is 0 Å². The van der Waals surface area contributed by atoms with E-state index >= 15 is 0 Å². The molecular weight excluding hydrogens is 284 g/mol. The van der Waals surface area contributed by atoms with Crippen molar-refractivity contribution in [3.05, 3.63) is 59.7 Å². The molecule has 3 heteroatoms. The molecule has 1 amide bonds. The minimum atomic E-state index is -0.0367. The molecule has 0 aromatic heterocycles. The van der Waals surface area contributed by atoms with Gasteiger partial charge in [0.15, 0.2) is 0 Å². The van der Waals surface area contributed by atoms with Crippen molar-refractivity contribution < 1.29 is 4.79 Å². The molecule has 0 saturated carbocycles. The molecule has 0 atom stereocenters. The molecule has 1 aliphatic rings. The van der Waals surface area contributed by atoms with Gasteiger partial charge in [0, 0.05) is 18.7 Å². The fourth-order valence-electron chi connectivity index (χ4n) is 3.18. The lowest BCUT2D eigenvalue weighted by molar-refractivity contribution is 0.102. The lowest BCUT2D eigenvalue weighted by Crippen LogP contribution is -2.25. The average molecular weight is 308 g/mol. The Kier molecular flexibility index (Phi) is 4.96. The van der Waals surface area contributed by atoms with E-state index in [0.717, 1.165) is 35.6 Å². The number of amides is 1. The van der Waals surface area contributed by atoms with Gasteiger partial charge in [-0.15, -0.1) is 0 Å². The molecule has 1 aliphatic heterocycles. The zero-order valence-electron chi connectivity index (χ0n) is 13.7. The summed E-state index contributed by atoms with van der Waals surface area (Å²) in [5.74, 6) is -0.0367. The van der Waals surface area contributed by atoms with Gasteiger partial charge in [0.25, 0.3) is 5.91 Å². The Morgan fingerprint density at radius 1 is 0.913 bits per heavy atom. The summed E-state index contributed by atoms with van der Waals surface area (Å²) in [6.45, 7) is 4.10. The molecule has 0 unspecified atom stereocenters. The first kappa shape index (κ1) is 15.6. The van der Waals surface area contributed by atoms with Crippen LogP contribution < -0.4 is 10.2 Å².